The van der Waals surface area contributed by atoms with E-state index in [0.717, 1.165) is 6.07 Å². The highest BCUT2D eigenvalue weighted by Gasteiger charge is 2.34. The van der Waals surface area contributed by atoms with Gasteiger partial charge in [-0.05, 0) is 67.6 Å². The van der Waals surface area contributed by atoms with E-state index in [9.17, 15) is 22.8 Å². The number of nitrogens with zero attached hydrogens (tertiary/aromatic N) is 4. The lowest BCUT2D eigenvalue weighted by molar-refractivity contribution is -0.136. The molecular weight excluding hydrogens is 471 g/mol. The first kappa shape index (κ1) is 23.0. The second kappa shape index (κ2) is 8.81. The Morgan fingerprint density at radius 3 is 2.36 bits per heavy atom. The molecule has 5 aromatic rings. The molecule has 1 amide bonds. The summed E-state index contributed by atoms with van der Waals surface area (Å²) < 4.78 is 43.9. The van der Waals surface area contributed by atoms with E-state index in [0.29, 0.717) is 22.4 Å². The van der Waals surface area contributed by atoms with Gasteiger partial charge in [0.2, 0.25) is 0 Å². The third-order valence-corrected chi connectivity index (χ3v) is 5.66. The van der Waals surface area contributed by atoms with Crippen LogP contribution in [0.1, 0.15) is 21.7 Å². The standard InChI is InChI=1S/C26H18F3N5O2/c1-16-31-22-6-3-2-5-20(22)25(36)34(16)18-9-7-17(8-10-18)24(35)32-23-12-11-19(33-14-4-13-30-33)15-21(23)26(27,28)29/h2-15H,1H3,(H,32,35). The van der Waals surface area contributed by atoms with Crippen molar-refractivity contribution in [3.63, 3.8) is 0 Å². The molecule has 0 saturated carbocycles. The molecule has 2 aromatic heterocycles. The zero-order valence-corrected chi connectivity index (χ0v) is 18.8. The van der Waals surface area contributed by atoms with Gasteiger partial charge in [0.1, 0.15) is 5.82 Å². The molecule has 1 N–H and O–H groups in total. The molecule has 2 heterocycles. The van der Waals surface area contributed by atoms with Crippen LogP contribution >= 0.6 is 0 Å². The van der Waals surface area contributed by atoms with Gasteiger partial charge in [0.25, 0.3) is 11.5 Å². The second-order valence-corrected chi connectivity index (χ2v) is 8.00. The molecule has 0 bridgehead atoms. The van der Waals surface area contributed by atoms with E-state index in [4.69, 9.17) is 0 Å². The second-order valence-electron chi connectivity index (χ2n) is 8.00. The van der Waals surface area contributed by atoms with Gasteiger partial charge in [0.15, 0.2) is 0 Å². The van der Waals surface area contributed by atoms with E-state index in [1.54, 1.807) is 49.4 Å². The summed E-state index contributed by atoms with van der Waals surface area (Å²) in [4.78, 5) is 30.2. The van der Waals surface area contributed by atoms with Crippen LogP contribution in [0.3, 0.4) is 0 Å². The van der Waals surface area contributed by atoms with Crippen LogP contribution in [-0.4, -0.2) is 25.2 Å². The molecule has 0 saturated heterocycles. The van der Waals surface area contributed by atoms with Crippen molar-refractivity contribution >= 4 is 22.5 Å². The van der Waals surface area contributed by atoms with Gasteiger partial charge in [-0.3, -0.25) is 14.2 Å². The third-order valence-electron chi connectivity index (χ3n) is 5.66. The Hall–Kier alpha value is -4.73. The predicted octanol–water partition coefficient (Wildman–Crippen LogP) is 5.15. The number of para-hydroxylation sites is 1. The van der Waals surface area contributed by atoms with Crippen molar-refractivity contribution in [2.45, 2.75) is 13.1 Å². The third kappa shape index (κ3) is 4.24. The first-order valence-corrected chi connectivity index (χ1v) is 10.8. The van der Waals surface area contributed by atoms with Crippen molar-refractivity contribution in [3.05, 3.63) is 112 Å². The Labute approximate surface area is 202 Å². The maximum absolute atomic E-state index is 13.7. The fourth-order valence-corrected chi connectivity index (χ4v) is 3.94. The topological polar surface area (TPSA) is 81.8 Å². The molecule has 0 spiro atoms. The highest BCUT2D eigenvalue weighted by Crippen LogP contribution is 2.36. The molecule has 0 aliphatic heterocycles. The van der Waals surface area contributed by atoms with Gasteiger partial charge in [0, 0.05) is 18.0 Å². The smallest absolute Gasteiger partial charge is 0.321 e. The van der Waals surface area contributed by atoms with E-state index in [-0.39, 0.29) is 22.5 Å². The Kier molecular flexibility index (Phi) is 5.63. The number of alkyl halides is 3. The Bertz CT molecular complexity index is 1640. The summed E-state index contributed by atoms with van der Waals surface area (Å²) in [5, 5.41) is 6.73. The predicted molar refractivity (Wildman–Crippen MR) is 129 cm³/mol. The lowest BCUT2D eigenvalue weighted by Crippen LogP contribution is -2.22. The quantitative estimate of drug-likeness (QED) is 0.379. The molecule has 10 heteroatoms. The summed E-state index contributed by atoms with van der Waals surface area (Å²) in [7, 11) is 0. The number of aryl methyl sites for hydroxylation is 1. The monoisotopic (exact) mass is 489 g/mol. The average Bonchev–Trinajstić information content (AvgIpc) is 3.39. The number of hydrogen-bond acceptors (Lipinski definition) is 4. The van der Waals surface area contributed by atoms with Crippen molar-refractivity contribution in [1.82, 2.24) is 19.3 Å². The maximum Gasteiger partial charge on any atom is 0.418 e. The zero-order chi connectivity index (χ0) is 25.4. The van der Waals surface area contributed by atoms with Crippen molar-refractivity contribution in [2.75, 3.05) is 5.32 Å². The van der Waals surface area contributed by atoms with Crippen LogP contribution in [-0.2, 0) is 6.18 Å². The average molecular weight is 489 g/mol. The molecule has 0 aliphatic rings. The van der Waals surface area contributed by atoms with Crippen molar-refractivity contribution in [3.8, 4) is 11.4 Å². The van der Waals surface area contributed by atoms with Crippen LogP contribution in [0.4, 0.5) is 18.9 Å². The SMILES string of the molecule is Cc1nc2ccccc2c(=O)n1-c1ccc(C(=O)Nc2ccc(-n3cccn3)cc2C(F)(F)F)cc1. The minimum atomic E-state index is -4.70. The fourth-order valence-electron chi connectivity index (χ4n) is 3.94. The molecule has 7 nitrogen and oxygen atoms in total. The number of halogens is 3. The van der Waals surface area contributed by atoms with E-state index >= 15 is 0 Å². The molecule has 3 aromatic carbocycles. The Morgan fingerprint density at radius 2 is 1.67 bits per heavy atom. The minimum absolute atomic E-state index is 0.127. The first-order valence-electron chi connectivity index (χ1n) is 10.8. The van der Waals surface area contributed by atoms with Gasteiger partial charge in [-0.25, -0.2) is 9.67 Å². The van der Waals surface area contributed by atoms with Gasteiger partial charge in [-0.15, -0.1) is 0 Å². The zero-order valence-electron chi connectivity index (χ0n) is 18.8. The number of rotatable bonds is 4. The number of anilines is 1. The normalized spacial score (nSPS) is 11.6. The lowest BCUT2D eigenvalue weighted by atomic mass is 10.1. The van der Waals surface area contributed by atoms with Crippen LogP contribution in [0.5, 0.6) is 0 Å². The van der Waals surface area contributed by atoms with Gasteiger partial charge in [-0.2, -0.15) is 18.3 Å². The Morgan fingerprint density at radius 1 is 0.944 bits per heavy atom. The summed E-state index contributed by atoms with van der Waals surface area (Å²) in [6.45, 7) is 1.69. The summed E-state index contributed by atoms with van der Waals surface area (Å²) in [6.07, 6.45) is -1.72. The van der Waals surface area contributed by atoms with Crippen LogP contribution < -0.4 is 10.9 Å². The van der Waals surface area contributed by atoms with Crippen molar-refractivity contribution in [1.29, 1.82) is 0 Å². The van der Waals surface area contributed by atoms with E-state index in [1.807, 2.05) is 0 Å². The molecule has 0 aliphatic carbocycles. The van der Waals surface area contributed by atoms with Crippen LogP contribution in [0.15, 0.2) is 90.0 Å². The molecule has 0 fully saturated rings. The summed E-state index contributed by atoms with van der Waals surface area (Å²) in [5.41, 5.74) is -0.245. The first-order chi connectivity index (χ1) is 17.2. The highest BCUT2D eigenvalue weighted by atomic mass is 19.4. The van der Waals surface area contributed by atoms with E-state index in [2.05, 4.69) is 15.4 Å². The van der Waals surface area contributed by atoms with Gasteiger partial charge in [0.05, 0.1) is 33.5 Å². The summed E-state index contributed by atoms with van der Waals surface area (Å²) in [5.74, 6) is -0.261. The van der Waals surface area contributed by atoms with E-state index in [1.165, 1.54) is 45.9 Å². The van der Waals surface area contributed by atoms with Crippen molar-refractivity contribution in [2.24, 2.45) is 0 Å². The molecule has 0 atom stereocenters. The molecule has 36 heavy (non-hydrogen) atoms. The lowest BCUT2D eigenvalue weighted by Gasteiger charge is -2.16. The van der Waals surface area contributed by atoms with E-state index < -0.39 is 17.6 Å². The summed E-state index contributed by atoms with van der Waals surface area (Å²) >= 11 is 0. The minimum Gasteiger partial charge on any atom is -0.321 e. The molecule has 180 valence electrons. The molecule has 0 unspecified atom stereocenters. The number of carbonyl (C=O) groups excluding carboxylic acids is 1. The number of nitrogens with one attached hydrogen (secondary N) is 1. The molecule has 5 rings (SSSR count). The van der Waals surface area contributed by atoms with Crippen molar-refractivity contribution < 1.29 is 18.0 Å². The number of benzene rings is 3. The Balaban J connectivity index is 1.44. The number of amides is 1. The van der Waals surface area contributed by atoms with Crippen LogP contribution in [0.25, 0.3) is 22.3 Å². The largest absolute Gasteiger partial charge is 0.418 e. The van der Waals surface area contributed by atoms with Gasteiger partial charge in [-0.1, -0.05) is 12.1 Å². The van der Waals surface area contributed by atoms with Crippen LogP contribution in [0, 0.1) is 6.92 Å². The number of fused-ring (bicyclic) bond motifs is 1. The number of hydrogen-bond donors (Lipinski definition) is 1. The van der Waals surface area contributed by atoms with Crippen LogP contribution in [0.2, 0.25) is 0 Å². The summed E-state index contributed by atoms with van der Waals surface area (Å²) in [6, 6.07) is 18.1. The highest BCUT2D eigenvalue weighted by molar-refractivity contribution is 6.04. The fraction of sp³-hybridized carbons (Fsp3) is 0.0769. The molecule has 0 radical (unpaired) electrons. The number of aromatic nitrogens is 4. The molecular formula is C26H18F3N5O2. The maximum atomic E-state index is 13.7. The van der Waals surface area contributed by atoms with Gasteiger partial charge < -0.3 is 5.32 Å². The number of carbonyl (C=O) groups is 1. The van der Waals surface area contributed by atoms with Gasteiger partial charge >= 0.3 is 6.18 Å².